The van der Waals surface area contributed by atoms with Crippen molar-refractivity contribution in [2.45, 2.75) is 32.1 Å². The first kappa shape index (κ1) is 15.6. The van der Waals surface area contributed by atoms with Crippen molar-refractivity contribution in [2.75, 3.05) is 14.2 Å². The zero-order chi connectivity index (χ0) is 13.7. The van der Waals surface area contributed by atoms with Crippen LogP contribution in [0.4, 0.5) is 0 Å². The number of methoxy groups -OCH3 is 2. The van der Waals surface area contributed by atoms with Crippen molar-refractivity contribution in [1.29, 1.82) is 0 Å². The van der Waals surface area contributed by atoms with Crippen molar-refractivity contribution in [3.63, 3.8) is 0 Å². The molecule has 0 bridgehead atoms. The molecule has 0 radical (unpaired) electrons. The molecule has 0 heterocycles. The van der Waals surface area contributed by atoms with Crippen LogP contribution in [0.3, 0.4) is 0 Å². The minimum Gasteiger partial charge on any atom is -0.495 e. The molecule has 1 aromatic carbocycles. The fourth-order valence-corrected chi connectivity index (χ4v) is 3.03. The largest absolute Gasteiger partial charge is 0.495 e. The molecule has 18 heavy (non-hydrogen) atoms. The highest BCUT2D eigenvalue weighted by molar-refractivity contribution is 9.10. The molecule has 4 heteroatoms. The lowest BCUT2D eigenvalue weighted by Gasteiger charge is -2.21. The molecule has 0 amide bonds. The molecular weight excluding hydrogens is 316 g/mol. The highest BCUT2D eigenvalue weighted by Crippen LogP contribution is 2.44. The standard InChI is InChI=1S/C14H20BrClO2/c1-5-6-9(2)13(16)10-7-8-11(17-3)12(15)14(10)18-4/h7-9,13H,5-6H2,1-4H3. The predicted molar refractivity (Wildman–Crippen MR) is 79.9 cm³/mol. The SMILES string of the molecule is CCCC(C)C(Cl)c1ccc(OC)c(Br)c1OC. The Morgan fingerprint density at radius 2 is 1.94 bits per heavy atom. The zero-order valence-corrected chi connectivity index (χ0v) is 13.6. The Bertz CT molecular complexity index is 396. The Hall–Kier alpha value is -0.410. The van der Waals surface area contributed by atoms with Crippen LogP contribution in [0.25, 0.3) is 0 Å². The molecule has 1 rings (SSSR count). The van der Waals surface area contributed by atoms with Crippen LogP contribution < -0.4 is 9.47 Å². The molecule has 0 aromatic heterocycles. The van der Waals surface area contributed by atoms with Crippen molar-refractivity contribution in [2.24, 2.45) is 5.92 Å². The Kier molecular flexibility index (Phi) is 6.30. The maximum Gasteiger partial charge on any atom is 0.141 e. The summed E-state index contributed by atoms with van der Waals surface area (Å²) in [6, 6.07) is 3.89. The molecule has 0 aliphatic carbocycles. The van der Waals surface area contributed by atoms with Crippen LogP contribution in [0.15, 0.2) is 16.6 Å². The molecule has 0 N–H and O–H groups in total. The van der Waals surface area contributed by atoms with Gasteiger partial charge in [0.05, 0.1) is 19.6 Å². The van der Waals surface area contributed by atoms with E-state index in [1.807, 2.05) is 12.1 Å². The molecule has 0 saturated heterocycles. The summed E-state index contributed by atoms with van der Waals surface area (Å²) in [6.45, 7) is 4.33. The van der Waals surface area contributed by atoms with Crippen molar-refractivity contribution in [1.82, 2.24) is 0 Å². The summed E-state index contributed by atoms with van der Waals surface area (Å²) >= 11 is 10.0. The predicted octanol–water partition coefficient (Wildman–Crippen LogP) is 5.18. The van der Waals surface area contributed by atoms with E-state index in [0.29, 0.717) is 5.92 Å². The number of alkyl halides is 1. The monoisotopic (exact) mass is 334 g/mol. The van der Waals surface area contributed by atoms with Gasteiger partial charge in [-0.15, -0.1) is 11.6 Å². The maximum atomic E-state index is 6.55. The molecule has 0 spiro atoms. The van der Waals surface area contributed by atoms with Gasteiger partial charge in [0.15, 0.2) is 0 Å². The Balaban J connectivity index is 3.12. The first-order chi connectivity index (χ1) is 8.56. The second kappa shape index (κ2) is 7.25. The first-order valence-corrected chi connectivity index (χ1v) is 7.34. The van der Waals surface area contributed by atoms with Gasteiger partial charge in [-0.25, -0.2) is 0 Å². The zero-order valence-electron chi connectivity index (χ0n) is 11.3. The number of hydrogen-bond acceptors (Lipinski definition) is 2. The van der Waals surface area contributed by atoms with Gasteiger partial charge in [-0.2, -0.15) is 0 Å². The third-order valence-corrected chi connectivity index (χ3v) is 4.47. The molecule has 2 atom stereocenters. The minimum absolute atomic E-state index is 0.0536. The summed E-state index contributed by atoms with van der Waals surface area (Å²) in [5.74, 6) is 1.92. The van der Waals surface area contributed by atoms with E-state index in [4.69, 9.17) is 21.1 Å². The van der Waals surface area contributed by atoms with Gasteiger partial charge in [0.1, 0.15) is 16.0 Å². The van der Waals surface area contributed by atoms with E-state index in [0.717, 1.165) is 34.4 Å². The van der Waals surface area contributed by atoms with Gasteiger partial charge in [0.2, 0.25) is 0 Å². The first-order valence-electron chi connectivity index (χ1n) is 6.11. The van der Waals surface area contributed by atoms with E-state index in [1.165, 1.54) is 0 Å². The van der Waals surface area contributed by atoms with E-state index < -0.39 is 0 Å². The molecule has 0 fully saturated rings. The molecule has 0 saturated carbocycles. The Labute approximate surface area is 123 Å². The summed E-state index contributed by atoms with van der Waals surface area (Å²) in [4.78, 5) is 0. The van der Waals surface area contributed by atoms with Crippen molar-refractivity contribution >= 4 is 27.5 Å². The lowest BCUT2D eigenvalue weighted by atomic mass is 9.95. The van der Waals surface area contributed by atoms with Crippen LogP contribution in [-0.2, 0) is 0 Å². The Morgan fingerprint density at radius 1 is 1.28 bits per heavy atom. The van der Waals surface area contributed by atoms with E-state index >= 15 is 0 Å². The second-order valence-corrected chi connectivity index (χ2v) is 5.64. The van der Waals surface area contributed by atoms with Gasteiger partial charge < -0.3 is 9.47 Å². The molecular formula is C14H20BrClO2. The van der Waals surface area contributed by atoms with Gasteiger partial charge in [-0.3, -0.25) is 0 Å². The van der Waals surface area contributed by atoms with Gasteiger partial charge >= 0.3 is 0 Å². The quantitative estimate of drug-likeness (QED) is 0.667. The van der Waals surface area contributed by atoms with Crippen molar-refractivity contribution in [3.05, 3.63) is 22.2 Å². The summed E-state index contributed by atoms with van der Waals surface area (Å²) < 4.78 is 11.5. The normalized spacial score (nSPS) is 14.1. The summed E-state index contributed by atoms with van der Waals surface area (Å²) in [6.07, 6.45) is 2.23. The average molecular weight is 336 g/mol. The lowest BCUT2D eigenvalue weighted by molar-refractivity contribution is 0.381. The number of hydrogen-bond donors (Lipinski definition) is 0. The van der Waals surface area contributed by atoms with Gasteiger partial charge in [0, 0.05) is 5.56 Å². The molecule has 2 nitrogen and oxygen atoms in total. The topological polar surface area (TPSA) is 18.5 Å². The molecule has 0 aliphatic heterocycles. The second-order valence-electron chi connectivity index (χ2n) is 4.37. The number of ether oxygens (including phenoxy) is 2. The van der Waals surface area contributed by atoms with Crippen molar-refractivity contribution in [3.8, 4) is 11.5 Å². The molecule has 1 aromatic rings. The minimum atomic E-state index is -0.0536. The third kappa shape index (κ3) is 3.33. The maximum absolute atomic E-state index is 6.55. The van der Waals surface area contributed by atoms with Crippen LogP contribution in [0.5, 0.6) is 11.5 Å². The van der Waals surface area contributed by atoms with Crippen LogP contribution in [0, 0.1) is 5.92 Å². The molecule has 0 aliphatic rings. The summed E-state index contributed by atoms with van der Waals surface area (Å²) in [5, 5.41) is -0.0536. The van der Waals surface area contributed by atoms with E-state index in [1.54, 1.807) is 14.2 Å². The van der Waals surface area contributed by atoms with Crippen LogP contribution >= 0.6 is 27.5 Å². The van der Waals surface area contributed by atoms with Gasteiger partial charge in [0.25, 0.3) is 0 Å². The van der Waals surface area contributed by atoms with Crippen LogP contribution in [-0.4, -0.2) is 14.2 Å². The highest BCUT2D eigenvalue weighted by Gasteiger charge is 2.22. The van der Waals surface area contributed by atoms with E-state index in [-0.39, 0.29) is 5.38 Å². The van der Waals surface area contributed by atoms with Crippen LogP contribution in [0.2, 0.25) is 0 Å². The van der Waals surface area contributed by atoms with Crippen molar-refractivity contribution < 1.29 is 9.47 Å². The number of benzene rings is 1. The van der Waals surface area contributed by atoms with Crippen LogP contribution in [0.1, 0.15) is 37.6 Å². The Morgan fingerprint density at radius 3 is 2.44 bits per heavy atom. The number of halogens is 2. The summed E-state index contributed by atoms with van der Waals surface area (Å²) in [7, 11) is 3.29. The molecule has 102 valence electrons. The van der Waals surface area contributed by atoms with Gasteiger partial charge in [-0.05, 0) is 34.3 Å². The summed E-state index contributed by atoms with van der Waals surface area (Å²) in [5.41, 5.74) is 1.01. The fraction of sp³-hybridized carbons (Fsp3) is 0.571. The fourth-order valence-electron chi connectivity index (χ4n) is 2.04. The lowest BCUT2D eigenvalue weighted by Crippen LogP contribution is -2.06. The third-order valence-electron chi connectivity index (χ3n) is 3.06. The van der Waals surface area contributed by atoms with E-state index in [2.05, 4.69) is 29.8 Å². The smallest absolute Gasteiger partial charge is 0.141 e. The number of rotatable bonds is 6. The highest BCUT2D eigenvalue weighted by atomic mass is 79.9. The van der Waals surface area contributed by atoms with E-state index in [9.17, 15) is 0 Å². The van der Waals surface area contributed by atoms with Gasteiger partial charge in [-0.1, -0.05) is 26.3 Å². The average Bonchev–Trinajstić information content (AvgIpc) is 2.37. The molecule has 2 unspecified atom stereocenters.